The van der Waals surface area contributed by atoms with E-state index in [-0.39, 0.29) is 29.3 Å². The number of sulfonamides is 1. The zero-order valence-corrected chi connectivity index (χ0v) is 21.3. The highest BCUT2D eigenvalue weighted by Gasteiger charge is 2.29. The summed E-state index contributed by atoms with van der Waals surface area (Å²) in [7, 11) is -3.63. The van der Waals surface area contributed by atoms with Crippen LogP contribution in [0.1, 0.15) is 44.5 Å². The lowest BCUT2D eigenvalue weighted by Crippen LogP contribution is -2.40. The average Bonchev–Trinajstić information content (AvgIpc) is 3.25. The van der Waals surface area contributed by atoms with Crippen LogP contribution in [-0.4, -0.2) is 54.5 Å². The zero-order valence-electron chi connectivity index (χ0n) is 20.5. The molecule has 0 bridgehead atoms. The number of morpholine rings is 1. The maximum absolute atomic E-state index is 13.1. The number of carbonyl (C=O) groups excluding carboxylic acids is 1. The highest BCUT2D eigenvalue weighted by atomic mass is 32.2. The van der Waals surface area contributed by atoms with E-state index in [1.165, 1.54) is 4.31 Å². The molecule has 0 aliphatic carbocycles. The van der Waals surface area contributed by atoms with E-state index in [1.807, 2.05) is 41.8 Å². The van der Waals surface area contributed by atoms with Gasteiger partial charge in [-0.1, -0.05) is 50.6 Å². The molecular weight excluding hydrogens is 466 g/mol. The van der Waals surface area contributed by atoms with Crippen molar-refractivity contribution in [2.24, 2.45) is 5.92 Å². The Labute approximate surface area is 206 Å². The molecule has 8 nitrogen and oxygen atoms in total. The summed E-state index contributed by atoms with van der Waals surface area (Å²) in [6.07, 6.45) is 0.850. The van der Waals surface area contributed by atoms with E-state index < -0.39 is 10.0 Å². The molecule has 1 saturated heterocycles. The minimum absolute atomic E-state index is 0.0205. The first-order chi connectivity index (χ1) is 16.9. The molecule has 0 spiro atoms. The van der Waals surface area contributed by atoms with Gasteiger partial charge < -0.3 is 14.0 Å². The molecule has 1 fully saturated rings. The van der Waals surface area contributed by atoms with E-state index in [4.69, 9.17) is 9.47 Å². The number of nitrogens with zero attached hydrogens (tertiary/aromatic N) is 3. The standard InChI is InChI=1S/C26H33N3O5S/c1-4-19(3)25(20-9-7-6-8-10-20)26(30)34-18-24-27-22-17-21(11-12-23(22)29(24)5-2)35(31,32)28-13-15-33-16-14-28/h6-12,17,19,25H,4-5,13-16,18H2,1-3H3/t19-,25-/m0/s1. The van der Waals surface area contributed by atoms with Gasteiger partial charge in [0.2, 0.25) is 10.0 Å². The third-order valence-corrected chi connectivity index (χ3v) is 8.59. The second kappa shape index (κ2) is 10.9. The van der Waals surface area contributed by atoms with Crippen LogP contribution >= 0.6 is 0 Å². The van der Waals surface area contributed by atoms with Crippen molar-refractivity contribution in [3.05, 3.63) is 59.9 Å². The van der Waals surface area contributed by atoms with E-state index in [1.54, 1.807) is 18.2 Å². The second-order valence-corrected chi connectivity index (χ2v) is 10.8. The normalized spacial score (nSPS) is 16.8. The van der Waals surface area contributed by atoms with Gasteiger partial charge in [0.05, 0.1) is 35.1 Å². The van der Waals surface area contributed by atoms with Gasteiger partial charge in [0.15, 0.2) is 0 Å². The molecule has 35 heavy (non-hydrogen) atoms. The fourth-order valence-corrected chi connectivity index (χ4v) is 5.97. The molecule has 4 rings (SSSR count). The lowest BCUT2D eigenvalue weighted by molar-refractivity contribution is -0.148. The van der Waals surface area contributed by atoms with Crippen molar-refractivity contribution in [2.75, 3.05) is 26.3 Å². The molecule has 9 heteroatoms. The van der Waals surface area contributed by atoms with Gasteiger partial charge in [0.25, 0.3) is 0 Å². The molecule has 1 aliphatic heterocycles. The zero-order chi connectivity index (χ0) is 25.0. The van der Waals surface area contributed by atoms with Gasteiger partial charge in [0.1, 0.15) is 12.4 Å². The van der Waals surface area contributed by atoms with Gasteiger partial charge in [-0.25, -0.2) is 13.4 Å². The molecule has 0 N–H and O–H groups in total. The Bertz CT molecular complexity index is 1270. The number of aromatic nitrogens is 2. The van der Waals surface area contributed by atoms with E-state index in [0.29, 0.717) is 44.2 Å². The van der Waals surface area contributed by atoms with Crippen LogP contribution in [0.3, 0.4) is 0 Å². The Morgan fingerprint density at radius 1 is 1.11 bits per heavy atom. The smallest absolute Gasteiger partial charge is 0.314 e. The lowest BCUT2D eigenvalue weighted by atomic mass is 9.86. The Balaban J connectivity index is 1.58. The number of benzene rings is 2. The van der Waals surface area contributed by atoms with Gasteiger partial charge >= 0.3 is 5.97 Å². The molecule has 0 radical (unpaired) electrons. The van der Waals surface area contributed by atoms with Crippen molar-refractivity contribution >= 4 is 27.0 Å². The number of esters is 1. The number of fused-ring (bicyclic) bond motifs is 1. The van der Waals surface area contributed by atoms with Crippen LogP contribution in [-0.2, 0) is 37.4 Å². The Morgan fingerprint density at radius 2 is 1.83 bits per heavy atom. The quantitative estimate of drug-likeness (QED) is 0.414. The first-order valence-electron chi connectivity index (χ1n) is 12.2. The van der Waals surface area contributed by atoms with Gasteiger partial charge in [-0.3, -0.25) is 4.79 Å². The van der Waals surface area contributed by atoms with Crippen molar-refractivity contribution in [3.8, 4) is 0 Å². The largest absolute Gasteiger partial charge is 0.457 e. The Kier molecular flexibility index (Phi) is 7.88. The summed E-state index contributed by atoms with van der Waals surface area (Å²) in [6.45, 7) is 8.19. The predicted molar refractivity (Wildman–Crippen MR) is 133 cm³/mol. The summed E-state index contributed by atoms with van der Waals surface area (Å²) in [6, 6.07) is 14.7. The molecule has 3 aromatic rings. The second-order valence-electron chi connectivity index (χ2n) is 8.82. The van der Waals surface area contributed by atoms with E-state index >= 15 is 0 Å². The molecule has 2 atom stereocenters. The van der Waals surface area contributed by atoms with E-state index in [0.717, 1.165) is 17.5 Å². The summed E-state index contributed by atoms with van der Waals surface area (Å²) in [5.41, 5.74) is 2.31. The number of ether oxygens (including phenoxy) is 2. The molecular formula is C26H33N3O5S. The van der Waals surface area contributed by atoms with Crippen molar-refractivity contribution in [3.63, 3.8) is 0 Å². The fraction of sp³-hybridized carbons (Fsp3) is 0.462. The molecule has 0 amide bonds. The van der Waals surface area contributed by atoms with Gasteiger partial charge in [-0.15, -0.1) is 0 Å². The molecule has 1 aliphatic rings. The van der Waals surface area contributed by atoms with Crippen molar-refractivity contribution in [1.82, 2.24) is 13.9 Å². The molecule has 2 aromatic carbocycles. The predicted octanol–water partition coefficient (Wildman–Crippen LogP) is 3.95. The van der Waals surface area contributed by atoms with Crippen LogP contribution < -0.4 is 0 Å². The first-order valence-corrected chi connectivity index (χ1v) is 13.6. The van der Waals surface area contributed by atoms with Crippen molar-refractivity contribution < 1.29 is 22.7 Å². The lowest BCUT2D eigenvalue weighted by Gasteiger charge is -2.26. The fourth-order valence-electron chi connectivity index (χ4n) is 4.54. The van der Waals surface area contributed by atoms with Crippen LogP contribution in [0.4, 0.5) is 0 Å². The molecule has 2 heterocycles. The summed E-state index contributed by atoms with van der Waals surface area (Å²) in [5, 5.41) is 0. The van der Waals surface area contributed by atoms with Crippen LogP contribution in [0.2, 0.25) is 0 Å². The number of carbonyl (C=O) groups is 1. The third-order valence-electron chi connectivity index (χ3n) is 6.69. The van der Waals surface area contributed by atoms with E-state index in [9.17, 15) is 13.2 Å². The van der Waals surface area contributed by atoms with Crippen molar-refractivity contribution in [1.29, 1.82) is 0 Å². The molecule has 188 valence electrons. The average molecular weight is 500 g/mol. The summed E-state index contributed by atoms with van der Waals surface area (Å²) in [4.78, 5) is 18.0. The van der Waals surface area contributed by atoms with E-state index in [2.05, 4.69) is 18.8 Å². The number of hydrogen-bond acceptors (Lipinski definition) is 6. The van der Waals surface area contributed by atoms with Crippen LogP contribution in [0.25, 0.3) is 11.0 Å². The number of imidazole rings is 1. The van der Waals surface area contributed by atoms with Gasteiger partial charge in [0, 0.05) is 19.6 Å². The highest BCUT2D eigenvalue weighted by molar-refractivity contribution is 7.89. The summed E-state index contributed by atoms with van der Waals surface area (Å²) >= 11 is 0. The molecule has 0 unspecified atom stereocenters. The van der Waals surface area contributed by atoms with Gasteiger partial charge in [-0.2, -0.15) is 4.31 Å². The minimum Gasteiger partial charge on any atom is -0.457 e. The summed E-state index contributed by atoms with van der Waals surface area (Å²) in [5.74, 6) is 0.0809. The highest BCUT2D eigenvalue weighted by Crippen LogP contribution is 2.29. The maximum Gasteiger partial charge on any atom is 0.314 e. The topological polar surface area (TPSA) is 90.7 Å². The third kappa shape index (κ3) is 5.27. The van der Waals surface area contributed by atoms with Crippen LogP contribution in [0, 0.1) is 5.92 Å². The number of aryl methyl sites for hydroxylation is 1. The maximum atomic E-state index is 13.1. The van der Waals surface area contributed by atoms with Crippen LogP contribution in [0.15, 0.2) is 53.4 Å². The number of rotatable bonds is 9. The first kappa shape index (κ1) is 25.3. The Hall–Kier alpha value is -2.75. The molecule has 1 aromatic heterocycles. The minimum atomic E-state index is -3.63. The van der Waals surface area contributed by atoms with Crippen molar-refractivity contribution in [2.45, 2.75) is 51.2 Å². The molecule has 0 saturated carbocycles. The SMILES string of the molecule is CC[C@H](C)[C@H](C(=O)OCc1nc2cc(S(=O)(=O)N3CCOCC3)ccc2n1CC)c1ccccc1. The summed E-state index contributed by atoms with van der Waals surface area (Å²) < 4.78 is 40.6. The van der Waals surface area contributed by atoms with Gasteiger partial charge in [-0.05, 0) is 36.6 Å². The van der Waals surface area contributed by atoms with Crippen LogP contribution in [0.5, 0.6) is 0 Å². The monoisotopic (exact) mass is 499 g/mol. The Morgan fingerprint density at radius 3 is 2.49 bits per heavy atom. The number of hydrogen-bond donors (Lipinski definition) is 0.